The number of carbonyl (C=O) groups excluding carboxylic acids is 1. The number of carboxylic acid groups (broad SMARTS) is 1. The number of primary amides is 1. The van der Waals surface area contributed by atoms with Crippen molar-refractivity contribution in [1.82, 2.24) is 0 Å². The number of hydrogen-bond acceptors (Lipinski definition) is 3. The second-order valence-electron chi connectivity index (χ2n) is 3.48. The number of amides is 1. The maximum absolute atomic E-state index is 11.0. The number of nitrogens with one attached hydrogen (secondary N) is 1. The molecule has 2 aromatic rings. The number of rotatable bonds is 3. The van der Waals surface area contributed by atoms with E-state index >= 15 is 0 Å². The molecule has 0 heterocycles. The van der Waals surface area contributed by atoms with Crippen molar-refractivity contribution in [3.05, 3.63) is 60.2 Å². The molecule has 2 aromatic carbocycles. The third-order valence-electron chi connectivity index (χ3n) is 2.21. The molecule has 0 fully saturated rings. The van der Waals surface area contributed by atoms with E-state index in [1.54, 1.807) is 24.3 Å². The monoisotopic (exact) mass is 258 g/mol. The minimum Gasteiger partial charge on any atom is -0.478 e. The van der Waals surface area contributed by atoms with Crippen molar-refractivity contribution in [3.8, 4) is 0 Å². The van der Waals surface area contributed by atoms with E-state index in [1.807, 2.05) is 30.3 Å². The predicted molar refractivity (Wildman–Crippen MR) is 73.4 cm³/mol. The van der Waals surface area contributed by atoms with Crippen LogP contribution in [0, 0.1) is 0 Å². The number of anilines is 2. The first-order valence-electron chi connectivity index (χ1n) is 5.48. The molecule has 0 saturated carbocycles. The summed E-state index contributed by atoms with van der Waals surface area (Å²) in [6, 6.07) is 16.3. The Balaban J connectivity index is 0.000000550. The molecule has 0 spiro atoms. The first-order valence-corrected chi connectivity index (χ1v) is 5.48. The molecule has 0 aliphatic rings. The smallest absolute Gasteiger partial charge is 0.337 e. The van der Waals surface area contributed by atoms with Gasteiger partial charge in [-0.05, 0) is 24.3 Å². The average molecular weight is 258 g/mol. The summed E-state index contributed by atoms with van der Waals surface area (Å²) in [6.07, 6.45) is 0.250. The SMILES string of the molecule is NC=O.O=C(O)c1ccccc1Nc1ccccc1. The predicted octanol–water partition coefficient (Wildman–Crippen LogP) is 2.23. The summed E-state index contributed by atoms with van der Waals surface area (Å²) in [5.74, 6) is -0.931. The molecular formula is C14H14N2O3. The third kappa shape index (κ3) is 4.51. The Morgan fingerprint density at radius 3 is 2.16 bits per heavy atom. The van der Waals surface area contributed by atoms with Crippen molar-refractivity contribution in [3.63, 3.8) is 0 Å². The van der Waals surface area contributed by atoms with E-state index in [9.17, 15) is 4.79 Å². The van der Waals surface area contributed by atoms with Gasteiger partial charge in [-0.25, -0.2) is 4.79 Å². The fourth-order valence-corrected chi connectivity index (χ4v) is 1.46. The first kappa shape index (κ1) is 14.2. The van der Waals surface area contributed by atoms with Crippen LogP contribution in [-0.2, 0) is 4.79 Å². The highest BCUT2D eigenvalue weighted by atomic mass is 16.4. The van der Waals surface area contributed by atoms with Gasteiger partial charge >= 0.3 is 5.97 Å². The van der Waals surface area contributed by atoms with E-state index in [0.29, 0.717) is 5.69 Å². The highest BCUT2D eigenvalue weighted by Gasteiger charge is 2.08. The summed E-state index contributed by atoms with van der Waals surface area (Å²) >= 11 is 0. The fourth-order valence-electron chi connectivity index (χ4n) is 1.46. The van der Waals surface area contributed by atoms with Crippen LogP contribution in [0.15, 0.2) is 54.6 Å². The highest BCUT2D eigenvalue weighted by Crippen LogP contribution is 2.20. The summed E-state index contributed by atoms with van der Waals surface area (Å²) in [4.78, 5) is 19.6. The Hall–Kier alpha value is -2.82. The second kappa shape index (κ2) is 7.50. The standard InChI is InChI=1S/C13H11NO2.CH3NO/c15-13(16)11-8-4-5-9-12(11)14-10-6-2-1-3-7-10;2-1-3/h1-9,14H,(H,15,16);1H,(H2,2,3). The molecule has 4 N–H and O–H groups in total. The van der Waals surface area contributed by atoms with Crippen LogP contribution < -0.4 is 11.1 Å². The molecule has 98 valence electrons. The first-order chi connectivity index (χ1) is 9.19. The van der Waals surface area contributed by atoms with Gasteiger partial charge in [0.15, 0.2) is 0 Å². The second-order valence-corrected chi connectivity index (χ2v) is 3.48. The Morgan fingerprint density at radius 2 is 1.58 bits per heavy atom. The van der Waals surface area contributed by atoms with Crippen molar-refractivity contribution in [2.75, 3.05) is 5.32 Å². The molecule has 0 saturated heterocycles. The number of carbonyl (C=O) groups is 2. The molecule has 19 heavy (non-hydrogen) atoms. The quantitative estimate of drug-likeness (QED) is 0.736. The van der Waals surface area contributed by atoms with E-state index in [2.05, 4.69) is 11.1 Å². The molecule has 0 atom stereocenters. The zero-order valence-corrected chi connectivity index (χ0v) is 10.1. The summed E-state index contributed by atoms with van der Waals surface area (Å²) in [7, 11) is 0. The maximum atomic E-state index is 11.0. The number of aromatic carboxylic acids is 1. The summed E-state index contributed by atoms with van der Waals surface area (Å²) in [6.45, 7) is 0. The van der Waals surface area contributed by atoms with Crippen LogP contribution in [0.25, 0.3) is 0 Å². The van der Waals surface area contributed by atoms with Gasteiger partial charge in [0.25, 0.3) is 0 Å². The normalized spacial score (nSPS) is 8.84. The molecule has 0 unspecified atom stereocenters. The van der Waals surface area contributed by atoms with Gasteiger partial charge in [-0.1, -0.05) is 30.3 Å². The Bertz CT molecular complexity index is 541. The van der Waals surface area contributed by atoms with Gasteiger partial charge in [-0.3, -0.25) is 4.79 Å². The van der Waals surface area contributed by atoms with Crippen molar-refractivity contribution >= 4 is 23.8 Å². The molecule has 5 nitrogen and oxygen atoms in total. The summed E-state index contributed by atoms with van der Waals surface area (Å²) in [5.41, 5.74) is 5.91. The summed E-state index contributed by atoms with van der Waals surface area (Å²) in [5, 5.41) is 12.1. The minimum atomic E-state index is -0.931. The molecule has 0 aliphatic heterocycles. The average Bonchev–Trinajstić information content (AvgIpc) is 2.41. The zero-order valence-electron chi connectivity index (χ0n) is 10.1. The molecule has 0 aliphatic carbocycles. The van der Waals surface area contributed by atoms with Crippen molar-refractivity contribution in [2.24, 2.45) is 5.73 Å². The summed E-state index contributed by atoms with van der Waals surface area (Å²) < 4.78 is 0. The number of hydrogen-bond donors (Lipinski definition) is 3. The topological polar surface area (TPSA) is 92.4 Å². The van der Waals surface area contributed by atoms with Gasteiger partial charge < -0.3 is 16.2 Å². The van der Waals surface area contributed by atoms with Crippen molar-refractivity contribution in [2.45, 2.75) is 0 Å². The molecule has 2 rings (SSSR count). The largest absolute Gasteiger partial charge is 0.478 e. The zero-order chi connectivity index (χ0) is 14.1. The minimum absolute atomic E-state index is 0.250. The molecule has 0 bridgehead atoms. The van der Waals surface area contributed by atoms with Crippen LogP contribution in [0.3, 0.4) is 0 Å². The lowest BCUT2D eigenvalue weighted by Crippen LogP contribution is -2.01. The van der Waals surface area contributed by atoms with Crippen LogP contribution in [0.2, 0.25) is 0 Å². The van der Waals surface area contributed by atoms with Gasteiger partial charge in [0.05, 0.1) is 11.3 Å². The van der Waals surface area contributed by atoms with E-state index in [-0.39, 0.29) is 12.0 Å². The number of benzene rings is 2. The molecule has 0 aromatic heterocycles. The lowest BCUT2D eigenvalue weighted by Gasteiger charge is -2.08. The Morgan fingerprint density at radius 1 is 1.05 bits per heavy atom. The van der Waals surface area contributed by atoms with Gasteiger partial charge in [0, 0.05) is 5.69 Å². The van der Waals surface area contributed by atoms with Crippen LogP contribution in [0.1, 0.15) is 10.4 Å². The number of para-hydroxylation sites is 2. The molecule has 1 amide bonds. The van der Waals surface area contributed by atoms with E-state index in [1.165, 1.54) is 0 Å². The molecule has 5 heteroatoms. The van der Waals surface area contributed by atoms with Crippen LogP contribution in [-0.4, -0.2) is 17.5 Å². The van der Waals surface area contributed by atoms with Gasteiger partial charge in [-0.15, -0.1) is 0 Å². The fraction of sp³-hybridized carbons (Fsp3) is 0. The lowest BCUT2D eigenvalue weighted by molar-refractivity contribution is -0.106. The maximum Gasteiger partial charge on any atom is 0.337 e. The van der Waals surface area contributed by atoms with E-state index < -0.39 is 5.97 Å². The Kier molecular flexibility index (Phi) is 5.62. The van der Waals surface area contributed by atoms with Gasteiger partial charge in [-0.2, -0.15) is 0 Å². The van der Waals surface area contributed by atoms with Crippen molar-refractivity contribution < 1.29 is 14.7 Å². The molecular weight excluding hydrogens is 244 g/mol. The van der Waals surface area contributed by atoms with Gasteiger partial charge in [0.1, 0.15) is 0 Å². The van der Waals surface area contributed by atoms with E-state index in [0.717, 1.165) is 5.69 Å². The molecule has 0 radical (unpaired) electrons. The number of carboxylic acids is 1. The highest BCUT2D eigenvalue weighted by molar-refractivity contribution is 5.95. The van der Waals surface area contributed by atoms with Gasteiger partial charge in [0.2, 0.25) is 6.41 Å². The lowest BCUT2D eigenvalue weighted by atomic mass is 10.1. The Labute approximate surface area is 110 Å². The number of nitrogens with two attached hydrogens (primary N) is 1. The van der Waals surface area contributed by atoms with Crippen LogP contribution in [0.5, 0.6) is 0 Å². The van der Waals surface area contributed by atoms with Crippen molar-refractivity contribution in [1.29, 1.82) is 0 Å². The third-order valence-corrected chi connectivity index (χ3v) is 2.21. The van der Waals surface area contributed by atoms with E-state index in [4.69, 9.17) is 9.90 Å². The van der Waals surface area contributed by atoms with Crippen LogP contribution >= 0.6 is 0 Å². The van der Waals surface area contributed by atoms with Crippen LogP contribution in [0.4, 0.5) is 11.4 Å².